The molecule has 56 valence electrons. The highest BCUT2D eigenvalue weighted by Gasteiger charge is 2.30. The molecule has 0 saturated heterocycles. The molecular formula is C7H11NO2. The Kier molecular flexibility index (Phi) is 2.04. The van der Waals surface area contributed by atoms with E-state index in [9.17, 15) is 9.59 Å². The third kappa shape index (κ3) is 1.17. The van der Waals surface area contributed by atoms with E-state index >= 15 is 0 Å². The first kappa shape index (κ1) is 7.25. The van der Waals surface area contributed by atoms with Crippen molar-refractivity contribution in [3.63, 3.8) is 0 Å². The lowest BCUT2D eigenvalue weighted by Crippen LogP contribution is -2.26. The van der Waals surface area contributed by atoms with Gasteiger partial charge in [-0.2, -0.15) is 0 Å². The number of hydrogen-bond acceptors (Lipinski definition) is 2. The molecule has 0 aliphatic heterocycles. The van der Waals surface area contributed by atoms with Crippen LogP contribution in [0.3, 0.4) is 0 Å². The molecule has 1 saturated carbocycles. The van der Waals surface area contributed by atoms with Crippen molar-refractivity contribution in [1.82, 2.24) is 0 Å². The SMILES string of the molecule is NC(=O)[C@@H]1CCCC1C=O. The van der Waals surface area contributed by atoms with Crippen LogP contribution in [0.2, 0.25) is 0 Å². The Bertz CT molecular complexity index is 156. The van der Waals surface area contributed by atoms with Gasteiger partial charge in [0, 0.05) is 11.8 Å². The van der Waals surface area contributed by atoms with Crippen LogP contribution in [0.25, 0.3) is 0 Å². The van der Waals surface area contributed by atoms with Crippen molar-refractivity contribution in [1.29, 1.82) is 0 Å². The Labute approximate surface area is 59.6 Å². The van der Waals surface area contributed by atoms with E-state index in [1.54, 1.807) is 0 Å². The third-order valence-corrected chi connectivity index (χ3v) is 2.11. The second kappa shape index (κ2) is 2.82. The number of aldehydes is 1. The molecule has 1 rings (SSSR count). The molecule has 1 unspecified atom stereocenters. The summed E-state index contributed by atoms with van der Waals surface area (Å²) in [6.45, 7) is 0. The Morgan fingerprint density at radius 2 is 2.20 bits per heavy atom. The normalized spacial score (nSPS) is 32.0. The van der Waals surface area contributed by atoms with Crippen molar-refractivity contribution in [3.05, 3.63) is 0 Å². The summed E-state index contributed by atoms with van der Waals surface area (Å²) >= 11 is 0. The summed E-state index contributed by atoms with van der Waals surface area (Å²) in [4.78, 5) is 20.9. The van der Waals surface area contributed by atoms with Gasteiger partial charge in [0.15, 0.2) is 0 Å². The van der Waals surface area contributed by atoms with Gasteiger partial charge >= 0.3 is 0 Å². The molecule has 0 heterocycles. The average Bonchev–Trinajstić information content (AvgIpc) is 2.33. The van der Waals surface area contributed by atoms with Gasteiger partial charge in [0.1, 0.15) is 6.29 Å². The van der Waals surface area contributed by atoms with Gasteiger partial charge in [0.2, 0.25) is 5.91 Å². The Hall–Kier alpha value is -0.860. The van der Waals surface area contributed by atoms with Gasteiger partial charge in [-0.1, -0.05) is 6.42 Å². The highest BCUT2D eigenvalue weighted by atomic mass is 16.1. The molecule has 0 aromatic heterocycles. The van der Waals surface area contributed by atoms with E-state index in [2.05, 4.69) is 0 Å². The third-order valence-electron chi connectivity index (χ3n) is 2.11. The van der Waals surface area contributed by atoms with E-state index in [1.165, 1.54) is 0 Å². The number of nitrogens with two attached hydrogens (primary N) is 1. The number of amides is 1. The van der Waals surface area contributed by atoms with Crippen LogP contribution in [-0.2, 0) is 9.59 Å². The minimum Gasteiger partial charge on any atom is -0.369 e. The van der Waals surface area contributed by atoms with Crippen LogP contribution < -0.4 is 5.73 Å². The van der Waals surface area contributed by atoms with Gasteiger partial charge < -0.3 is 10.5 Å². The van der Waals surface area contributed by atoms with Crippen LogP contribution in [0.5, 0.6) is 0 Å². The summed E-state index contributed by atoms with van der Waals surface area (Å²) < 4.78 is 0. The quantitative estimate of drug-likeness (QED) is 0.554. The average molecular weight is 141 g/mol. The van der Waals surface area contributed by atoms with E-state index in [0.29, 0.717) is 0 Å². The Balaban J connectivity index is 2.58. The fourth-order valence-corrected chi connectivity index (χ4v) is 1.50. The lowest BCUT2D eigenvalue weighted by Gasteiger charge is -2.07. The van der Waals surface area contributed by atoms with Crippen molar-refractivity contribution >= 4 is 12.2 Å². The molecule has 3 nitrogen and oxygen atoms in total. The number of rotatable bonds is 2. The van der Waals surface area contributed by atoms with Crippen LogP contribution in [-0.4, -0.2) is 12.2 Å². The zero-order chi connectivity index (χ0) is 7.56. The van der Waals surface area contributed by atoms with E-state index in [-0.39, 0.29) is 17.7 Å². The lowest BCUT2D eigenvalue weighted by atomic mass is 9.97. The van der Waals surface area contributed by atoms with E-state index in [0.717, 1.165) is 25.5 Å². The lowest BCUT2D eigenvalue weighted by molar-refractivity contribution is -0.125. The van der Waals surface area contributed by atoms with Gasteiger partial charge in [-0.25, -0.2) is 0 Å². The van der Waals surface area contributed by atoms with Crippen molar-refractivity contribution in [2.75, 3.05) is 0 Å². The molecule has 10 heavy (non-hydrogen) atoms. The maximum Gasteiger partial charge on any atom is 0.221 e. The van der Waals surface area contributed by atoms with Gasteiger partial charge in [-0.05, 0) is 12.8 Å². The molecule has 1 aliphatic rings. The minimum atomic E-state index is -0.324. The first-order valence-corrected chi connectivity index (χ1v) is 3.50. The Morgan fingerprint density at radius 3 is 2.60 bits per heavy atom. The number of hydrogen-bond donors (Lipinski definition) is 1. The summed E-state index contributed by atoms with van der Waals surface area (Å²) in [5.74, 6) is -0.607. The molecule has 2 N–H and O–H groups in total. The first-order valence-electron chi connectivity index (χ1n) is 3.50. The van der Waals surface area contributed by atoms with E-state index < -0.39 is 0 Å². The van der Waals surface area contributed by atoms with Crippen molar-refractivity contribution < 1.29 is 9.59 Å². The topological polar surface area (TPSA) is 60.2 Å². The first-order chi connectivity index (χ1) is 4.75. The van der Waals surface area contributed by atoms with Crippen molar-refractivity contribution in [2.24, 2.45) is 17.6 Å². The van der Waals surface area contributed by atoms with E-state index in [4.69, 9.17) is 5.73 Å². The monoisotopic (exact) mass is 141 g/mol. The van der Waals surface area contributed by atoms with Crippen LogP contribution in [0.15, 0.2) is 0 Å². The van der Waals surface area contributed by atoms with Crippen LogP contribution >= 0.6 is 0 Å². The van der Waals surface area contributed by atoms with E-state index in [1.807, 2.05) is 0 Å². The molecule has 0 aromatic carbocycles. The number of carbonyl (C=O) groups is 2. The number of carbonyl (C=O) groups excluding carboxylic acids is 2. The standard InChI is InChI=1S/C7H11NO2/c8-7(10)6-3-1-2-5(6)4-9/h4-6H,1-3H2,(H2,8,10)/t5?,6-/m1/s1. The van der Waals surface area contributed by atoms with Gasteiger partial charge in [-0.15, -0.1) is 0 Å². The predicted molar refractivity (Wildman–Crippen MR) is 36.1 cm³/mol. The fourth-order valence-electron chi connectivity index (χ4n) is 1.50. The molecule has 2 atom stereocenters. The molecule has 1 aliphatic carbocycles. The van der Waals surface area contributed by atoms with Gasteiger partial charge in [-0.3, -0.25) is 4.79 Å². The van der Waals surface area contributed by atoms with Crippen LogP contribution in [0.1, 0.15) is 19.3 Å². The highest BCUT2D eigenvalue weighted by molar-refractivity contribution is 5.80. The predicted octanol–water partition coefficient (Wildman–Crippen LogP) is 0.0869. The summed E-state index contributed by atoms with van der Waals surface area (Å²) in [7, 11) is 0. The van der Waals surface area contributed by atoms with Gasteiger partial charge in [0.05, 0.1) is 0 Å². The molecule has 0 bridgehead atoms. The van der Waals surface area contributed by atoms with Crippen molar-refractivity contribution in [3.8, 4) is 0 Å². The summed E-state index contributed by atoms with van der Waals surface area (Å²) in [5, 5.41) is 0. The summed E-state index contributed by atoms with van der Waals surface area (Å²) in [6, 6.07) is 0. The second-order valence-corrected chi connectivity index (χ2v) is 2.74. The molecule has 3 heteroatoms. The fraction of sp³-hybridized carbons (Fsp3) is 0.714. The second-order valence-electron chi connectivity index (χ2n) is 2.74. The van der Waals surface area contributed by atoms with Crippen molar-refractivity contribution in [2.45, 2.75) is 19.3 Å². The zero-order valence-electron chi connectivity index (χ0n) is 5.75. The maximum absolute atomic E-state index is 10.6. The molecule has 1 fully saturated rings. The maximum atomic E-state index is 10.6. The van der Waals surface area contributed by atoms with Crippen LogP contribution in [0, 0.1) is 11.8 Å². The summed E-state index contributed by atoms with van der Waals surface area (Å²) in [6.07, 6.45) is 3.43. The smallest absolute Gasteiger partial charge is 0.221 e. The minimum absolute atomic E-state index is 0.0995. The molecule has 0 spiro atoms. The highest BCUT2D eigenvalue weighted by Crippen LogP contribution is 2.29. The number of primary amides is 1. The van der Waals surface area contributed by atoms with Crippen LogP contribution in [0.4, 0.5) is 0 Å². The van der Waals surface area contributed by atoms with Gasteiger partial charge in [0.25, 0.3) is 0 Å². The molecule has 0 radical (unpaired) electrons. The molecule has 1 amide bonds. The summed E-state index contributed by atoms with van der Waals surface area (Å²) in [5.41, 5.74) is 5.07. The molecule has 0 aromatic rings. The largest absolute Gasteiger partial charge is 0.369 e. The Morgan fingerprint density at radius 1 is 1.50 bits per heavy atom. The zero-order valence-corrected chi connectivity index (χ0v) is 5.75. The molecular weight excluding hydrogens is 130 g/mol.